The molecule has 0 aromatic heterocycles. The number of rotatable bonds is 3. The maximum absolute atomic E-state index is 13.1. The van der Waals surface area contributed by atoms with Crippen molar-refractivity contribution >= 4 is 5.91 Å². The lowest BCUT2D eigenvalue weighted by molar-refractivity contribution is -0.128. The quantitative estimate of drug-likeness (QED) is 0.886. The molecule has 1 aromatic rings. The summed E-state index contributed by atoms with van der Waals surface area (Å²) in [6.45, 7) is 2.29. The van der Waals surface area contributed by atoms with E-state index in [0.29, 0.717) is 12.0 Å². The van der Waals surface area contributed by atoms with Crippen LogP contribution in [0.25, 0.3) is 0 Å². The second-order valence-electron chi connectivity index (χ2n) is 7.00. The molecule has 0 saturated heterocycles. The van der Waals surface area contributed by atoms with Crippen molar-refractivity contribution in [2.45, 2.75) is 69.7 Å². The van der Waals surface area contributed by atoms with Gasteiger partial charge in [-0.25, -0.2) is 0 Å². The van der Waals surface area contributed by atoms with Crippen molar-refractivity contribution in [2.24, 2.45) is 5.92 Å². The van der Waals surface area contributed by atoms with E-state index in [2.05, 4.69) is 36.5 Å². The highest BCUT2D eigenvalue weighted by molar-refractivity contribution is 5.88. The van der Waals surface area contributed by atoms with Gasteiger partial charge < -0.3 is 5.32 Å². The number of benzene rings is 1. The second-order valence-corrected chi connectivity index (χ2v) is 7.00. The number of amides is 1. The zero-order valence-electron chi connectivity index (χ0n) is 13.1. The third-order valence-electron chi connectivity index (χ3n) is 5.65. The fourth-order valence-electron chi connectivity index (χ4n) is 4.22. The monoisotopic (exact) mass is 285 g/mol. The molecule has 0 heterocycles. The lowest BCUT2D eigenvalue weighted by atomic mass is 9.77. The smallest absolute Gasteiger partial charge is 0.230 e. The van der Waals surface area contributed by atoms with Crippen LogP contribution in [-0.2, 0) is 10.2 Å². The number of nitrogens with one attached hydrogen (secondary N) is 1. The van der Waals surface area contributed by atoms with Crippen molar-refractivity contribution in [2.75, 3.05) is 0 Å². The van der Waals surface area contributed by atoms with Gasteiger partial charge in [0.05, 0.1) is 5.41 Å². The minimum absolute atomic E-state index is 0.265. The lowest BCUT2D eigenvalue weighted by Gasteiger charge is -2.35. The summed E-state index contributed by atoms with van der Waals surface area (Å²) in [7, 11) is 0. The summed E-state index contributed by atoms with van der Waals surface area (Å²) in [6.07, 6.45) is 9.32. The Morgan fingerprint density at radius 1 is 1.05 bits per heavy atom. The first-order valence-electron chi connectivity index (χ1n) is 8.59. The molecule has 0 radical (unpaired) electrons. The summed E-state index contributed by atoms with van der Waals surface area (Å²) in [5.74, 6) is 0.905. The van der Waals surface area contributed by atoms with Crippen LogP contribution in [0.1, 0.15) is 63.9 Å². The Morgan fingerprint density at radius 3 is 2.38 bits per heavy atom. The van der Waals surface area contributed by atoms with E-state index in [1.165, 1.54) is 37.7 Å². The Morgan fingerprint density at radius 2 is 1.71 bits per heavy atom. The molecule has 2 saturated carbocycles. The number of hydrogen-bond acceptors (Lipinski definition) is 1. The summed E-state index contributed by atoms with van der Waals surface area (Å²) in [5.41, 5.74) is 0.946. The molecule has 0 spiro atoms. The summed E-state index contributed by atoms with van der Waals surface area (Å²) >= 11 is 0. The van der Waals surface area contributed by atoms with Gasteiger partial charge in [0.15, 0.2) is 0 Å². The first kappa shape index (κ1) is 14.6. The fourth-order valence-corrected chi connectivity index (χ4v) is 4.22. The predicted molar refractivity (Wildman–Crippen MR) is 86.2 cm³/mol. The first-order chi connectivity index (χ1) is 10.2. The fraction of sp³-hybridized carbons (Fsp3) is 0.632. The molecule has 2 fully saturated rings. The Hall–Kier alpha value is -1.31. The highest BCUT2D eigenvalue weighted by atomic mass is 16.2. The number of carbonyl (C=O) groups is 1. The van der Waals surface area contributed by atoms with E-state index in [-0.39, 0.29) is 11.3 Å². The normalized spacial score (nSPS) is 28.2. The molecule has 1 aromatic carbocycles. The Kier molecular flexibility index (Phi) is 4.32. The molecule has 1 amide bonds. The van der Waals surface area contributed by atoms with E-state index < -0.39 is 0 Å². The first-order valence-corrected chi connectivity index (χ1v) is 8.59. The largest absolute Gasteiger partial charge is 0.352 e. The van der Waals surface area contributed by atoms with Gasteiger partial charge in [-0.3, -0.25) is 4.79 Å². The van der Waals surface area contributed by atoms with Crippen LogP contribution in [0.5, 0.6) is 0 Å². The molecule has 3 rings (SSSR count). The van der Waals surface area contributed by atoms with Gasteiger partial charge in [0.2, 0.25) is 5.91 Å². The van der Waals surface area contributed by atoms with E-state index in [4.69, 9.17) is 0 Å². The second kappa shape index (κ2) is 6.21. The molecule has 0 unspecified atom stereocenters. The van der Waals surface area contributed by atoms with E-state index in [9.17, 15) is 4.79 Å². The van der Waals surface area contributed by atoms with E-state index in [0.717, 1.165) is 19.3 Å². The zero-order chi connectivity index (χ0) is 14.7. The lowest BCUT2D eigenvalue weighted by Crippen LogP contribution is -2.49. The summed E-state index contributed by atoms with van der Waals surface area (Å²) < 4.78 is 0. The van der Waals surface area contributed by atoms with Gasteiger partial charge >= 0.3 is 0 Å². The van der Waals surface area contributed by atoms with Crippen molar-refractivity contribution in [3.05, 3.63) is 35.9 Å². The van der Waals surface area contributed by atoms with Gasteiger partial charge in [-0.15, -0.1) is 0 Å². The van der Waals surface area contributed by atoms with Crippen LogP contribution >= 0.6 is 0 Å². The van der Waals surface area contributed by atoms with Crippen LogP contribution < -0.4 is 5.32 Å². The topological polar surface area (TPSA) is 29.1 Å². The molecule has 0 aliphatic heterocycles. The van der Waals surface area contributed by atoms with Crippen LogP contribution in [0.15, 0.2) is 30.3 Å². The van der Waals surface area contributed by atoms with E-state index in [1.807, 2.05) is 6.07 Å². The molecular formula is C19H27NO. The van der Waals surface area contributed by atoms with Crippen LogP contribution in [0.2, 0.25) is 0 Å². The van der Waals surface area contributed by atoms with Crippen LogP contribution in [0, 0.1) is 5.92 Å². The van der Waals surface area contributed by atoms with Gasteiger partial charge in [-0.05, 0) is 37.2 Å². The van der Waals surface area contributed by atoms with Crippen LogP contribution in [0.3, 0.4) is 0 Å². The van der Waals surface area contributed by atoms with Gasteiger partial charge in [0.25, 0.3) is 0 Å². The molecule has 114 valence electrons. The third kappa shape index (κ3) is 2.86. The summed E-state index contributed by atoms with van der Waals surface area (Å²) in [5, 5.41) is 3.41. The standard InChI is InChI=1S/C19H27NO/c1-15-9-5-6-12-17(15)20-18(21)19(13-7-8-14-19)16-10-3-2-4-11-16/h2-4,10-11,15,17H,5-9,12-14H2,1H3,(H,20,21)/t15-,17-/m1/s1. The molecule has 2 heteroatoms. The minimum atomic E-state index is -0.265. The minimum Gasteiger partial charge on any atom is -0.352 e. The third-order valence-corrected chi connectivity index (χ3v) is 5.65. The van der Waals surface area contributed by atoms with Gasteiger partial charge in [-0.2, -0.15) is 0 Å². The van der Waals surface area contributed by atoms with Gasteiger partial charge in [-0.1, -0.05) is 62.9 Å². The average molecular weight is 285 g/mol. The molecule has 2 nitrogen and oxygen atoms in total. The molecule has 1 N–H and O–H groups in total. The van der Waals surface area contributed by atoms with Crippen molar-refractivity contribution in [3.63, 3.8) is 0 Å². The highest BCUT2D eigenvalue weighted by Gasteiger charge is 2.43. The van der Waals surface area contributed by atoms with Crippen LogP contribution in [0.4, 0.5) is 0 Å². The molecule has 2 aliphatic rings. The van der Waals surface area contributed by atoms with Gasteiger partial charge in [0, 0.05) is 6.04 Å². The molecular weight excluding hydrogens is 258 g/mol. The Labute approximate surface area is 128 Å². The van der Waals surface area contributed by atoms with Crippen molar-refractivity contribution in [1.82, 2.24) is 5.32 Å². The maximum Gasteiger partial charge on any atom is 0.230 e. The number of hydrogen-bond donors (Lipinski definition) is 1. The number of carbonyl (C=O) groups excluding carboxylic acids is 1. The molecule has 2 atom stereocenters. The van der Waals surface area contributed by atoms with Crippen molar-refractivity contribution in [3.8, 4) is 0 Å². The molecule has 2 aliphatic carbocycles. The predicted octanol–water partition coefficient (Wildman–Crippen LogP) is 4.19. The molecule has 21 heavy (non-hydrogen) atoms. The molecule has 0 bridgehead atoms. The van der Waals surface area contributed by atoms with E-state index >= 15 is 0 Å². The Bertz CT molecular complexity index is 476. The maximum atomic E-state index is 13.1. The summed E-state index contributed by atoms with van der Waals surface area (Å²) in [6, 6.07) is 10.8. The van der Waals surface area contributed by atoms with Crippen molar-refractivity contribution in [1.29, 1.82) is 0 Å². The van der Waals surface area contributed by atoms with Crippen LogP contribution in [-0.4, -0.2) is 11.9 Å². The average Bonchev–Trinajstić information content (AvgIpc) is 3.01. The summed E-state index contributed by atoms with van der Waals surface area (Å²) in [4.78, 5) is 13.1. The SMILES string of the molecule is C[C@@H]1CCCC[C@H]1NC(=O)C1(c2ccccc2)CCCC1. The highest BCUT2D eigenvalue weighted by Crippen LogP contribution is 2.41. The van der Waals surface area contributed by atoms with E-state index in [1.54, 1.807) is 0 Å². The zero-order valence-corrected chi connectivity index (χ0v) is 13.1. The Balaban J connectivity index is 1.79. The van der Waals surface area contributed by atoms with Gasteiger partial charge in [0.1, 0.15) is 0 Å². The van der Waals surface area contributed by atoms with Crippen molar-refractivity contribution < 1.29 is 4.79 Å².